The highest BCUT2D eigenvalue weighted by Crippen LogP contribution is 1.97. The molecule has 1 fully saturated rings. The van der Waals surface area contributed by atoms with E-state index in [1.165, 1.54) is 5.56 Å². The van der Waals surface area contributed by atoms with Gasteiger partial charge in [0.15, 0.2) is 5.11 Å². The lowest BCUT2D eigenvalue weighted by atomic mass is 10.2. The molecule has 0 radical (unpaired) electrons. The number of benzene rings is 1. The maximum atomic E-state index is 5.49. The first-order valence-electron chi connectivity index (χ1n) is 8.27. The van der Waals surface area contributed by atoms with Crippen molar-refractivity contribution < 1.29 is 9.64 Å². The van der Waals surface area contributed by atoms with Crippen LogP contribution >= 0.6 is 12.2 Å². The van der Waals surface area contributed by atoms with Gasteiger partial charge in [0.1, 0.15) is 6.54 Å². The fourth-order valence-corrected chi connectivity index (χ4v) is 3.00. The van der Waals surface area contributed by atoms with E-state index >= 15 is 0 Å². The lowest BCUT2D eigenvalue weighted by molar-refractivity contribution is -0.917. The molecule has 0 unspecified atom stereocenters. The van der Waals surface area contributed by atoms with Crippen LogP contribution in [0.3, 0.4) is 0 Å². The minimum absolute atomic E-state index is 0.788. The zero-order valence-corrected chi connectivity index (χ0v) is 14.3. The van der Waals surface area contributed by atoms with Gasteiger partial charge in [-0.25, -0.2) is 0 Å². The molecule has 1 aliphatic rings. The second-order valence-electron chi connectivity index (χ2n) is 5.68. The van der Waals surface area contributed by atoms with Gasteiger partial charge < -0.3 is 19.9 Å². The van der Waals surface area contributed by atoms with Crippen molar-refractivity contribution in [3.8, 4) is 0 Å². The number of piperazine rings is 1. The summed E-state index contributed by atoms with van der Waals surface area (Å²) in [5, 5.41) is 4.24. The Balaban J connectivity index is 1.63. The standard InChI is InChI=1S/C17H27N3OS/c1-2-21-14-6-9-18-17(22)20-12-10-19(11-13-20)15-16-7-4-3-5-8-16/h3-5,7-8H,2,6,9-15H2,1H3,(H,18,22)/p+1. The van der Waals surface area contributed by atoms with Crippen molar-refractivity contribution in [3.63, 3.8) is 0 Å². The lowest BCUT2D eigenvalue weighted by Crippen LogP contribution is -3.13. The molecule has 5 heteroatoms. The van der Waals surface area contributed by atoms with E-state index in [1.54, 1.807) is 4.90 Å². The van der Waals surface area contributed by atoms with E-state index < -0.39 is 0 Å². The van der Waals surface area contributed by atoms with Crippen molar-refractivity contribution in [1.82, 2.24) is 10.2 Å². The lowest BCUT2D eigenvalue weighted by Gasteiger charge is -2.34. The first-order valence-corrected chi connectivity index (χ1v) is 8.68. The summed E-state index contributed by atoms with van der Waals surface area (Å²) in [6.07, 6.45) is 1.01. The molecule has 0 spiro atoms. The Kier molecular flexibility index (Phi) is 7.63. The molecular formula is C17H28N3OS+. The predicted molar refractivity (Wildman–Crippen MR) is 94.1 cm³/mol. The summed E-state index contributed by atoms with van der Waals surface area (Å²) in [6, 6.07) is 10.7. The number of nitrogens with one attached hydrogen (secondary N) is 2. The van der Waals surface area contributed by atoms with Crippen molar-refractivity contribution in [2.75, 3.05) is 45.9 Å². The molecule has 4 nitrogen and oxygen atoms in total. The summed E-state index contributed by atoms with van der Waals surface area (Å²) >= 11 is 5.49. The Labute approximate surface area is 139 Å². The van der Waals surface area contributed by atoms with Crippen molar-refractivity contribution in [2.45, 2.75) is 19.9 Å². The summed E-state index contributed by atoms with van der Waals surface area (Å²) in [7, 11) is 0. The molecule has 22 heavy (non-hydrogen) atoms. The molecule has 1 heterocycles. The third kappa shape index (κ3) is 5.91. The third-order valence-electron chi connectivity index (χ3n) is 4.00. The number of hydrogen-bond acceptors (Lipinski definition) is 2. The van der Waals surface area contributed by atoms with E-state index in [1.807, 2.05) is 6.92 Å². The van der Waals surface area contributed by atoms with Crippen LogP contribution in [0.4, 0.5) is 0 Å². The minimum atomic E-state index is 0.788. The molecule has 0 aliphatic carbocycles. The van der Waals surface area contributed by atoms with Crippen molar-refractivity contribution >= 4 is 17.3 Å². The maximum Gasteiger partial charge on any atom is 0.169 e. The van der Waals surface area contributed by atoms with Gasteiger partial charge in [0.2, 0.25) is 0 Å². The van der Waals surface area contributed by atoms with Gasteiger partial charge in [-0.05, 0) is 25.6 Å². The zero-order chi connectivity index (χ0) is 15.6. The van der Waals surface area contributed by atoms with E-state index in [9.17, 15) is 0 Å². The van der Waals surface area contributed by atoms with E-state index in [2.05, 4.69) is 40.5 Å². The van der Waals surface area contributed by atoms with Crippen LogP contribution < -0.4 is 10.2 Å². The average Bonchev–Trinajstić information content (AvgIpc) is 2.56. The van der Waals surface area contributed by atoms with E-state index in [0.29, 0.717) is 0 Å². The molecule has 0 atom stereocenters. The SMILES string of the molecule is CCOCCCNC(=S)N1CC[NH+](Cc2ccccc2)CC1. The number of rotatable bonds is 7. The van der Waals surface area contributed by atoms with Gasteiger partial charge in [0, 0.05) is 25.3 Å². The summed E-state index contributed by atoms with van der Waals surface area (Å²) < 4.78 is 5.33. The first kappa shape index (κ1) is 17.2. The van der Waals surface area contributed by atoms with Gasteiger partial charge in [-0.15, -0.1) is 0 Å². The fourth-order valence-electron chi connectivity index (χ4n) is 2.71. The molecule has 0 bridgehead atoms. The quantitative estimate of drug-likeness (QED) is 0.571. The highest BCUT2D eigenvalue weighted by molar-refractivity contribution is 7.80. The van der Waals surface area contributed by atoms with E-state index in [0.717, 1.165) is 64.0 Å². The zero-order valence-electron chi connectivity index (χ0n) is 13.5. The largest absolute Gasteiger partial charge is 0.382 e. The normalized spacial score (nSPS) is 15.8. The van der Waals surface area contributed by atoms with Crippen molar-refractivity contribution in [1.29, 1.82) is 0 Å². The van der Waals surface area contributed by atoms with Gasteiger partial charge in [-0.2, -0.15) is 0 Å². The first-order chi connectivity index (χ1) is 10.8. The molecule has 1 aliphatic heterocycles. The molecular weight excluding hydrogens is 294 g/mol. The highest BCUT2D eigenvalue weighted by Gasteiger charge is 2.21. The number of nitrogens with zero attached hydrogens (tertiary/aromatic N) is 1. The summed E-state index contributed by atoms with van der Waals surface area (Å²) in [4.78, 5) is 3.94. The minimum Gasteiger partial charge on any atom is -0.382 e. The number of hydrogen-bond donors (Lipinski definition) is 2. The maximum absolute atomic E-state index is 5.49. The molecule has 2 rings (SSSR count). The van der Waals surface area contributed by atoms with Gasteiger partial charge in [0.25, 0.3) is 0 Å². The topological polar surface area (TPSA) is 28.9 Å². The van der Waals surface area contributed by atoms with Crippen molar-refractivity contribution in [2.24, 2.45) is 0 Å². The summed E-state index contributed by atoms with van der Waals surface area (Å²) in [5.74, 6) is 0. The van der Waals surface area contributed by atoms with Gasteiger partial charge in [-0.1, -0.05) is 30.3 Å². The van der Waals surface area contributed by atoms with Crippen LogP contribution in [0.1, 0.15) is 18.9 Å². The summed E-state index contributed by atoms with van der Waals surface area (Å²) in [6.45, 7) is 10.0. The Morgan fingerprint density at radius 2 is 2.00 bits per heavy atom. The molecule has 0 amide bonds. The molecule has 1 aromatic carbocycles. The second kappa shape index (κ2) is 9.77. The number of quaternary nitrogens is 1. The number of thiocarbonyl (C=S) groups is 1. The monoisotopic (exact) mass is 322 g/mol. The van der Waals surface area contributed by atoms with Crippen molar-refractivity contribution in [3.05, 3.63) is 35.9 Å². The van der Waals surface area contributed by atoms with E-state index in [-0.39, 0.29) is 0 Å². The van der Waals surface area contributed by atoms with Crippen LogP contribution in [0.5, 0.6) is 0 Å². The molecule has 2 N–H and O–H groups in total. The third-order valence-corrected chi connectivity index (χ3v) is 4.40. The van der Waals surface area contributed by atoms with Gasteiger partial charge >= 0.3 is 0 Å². The van der Waals surface area contributed by atoms with Crippen LogP contribution in [0.25, 0.3) is 0 Å². The Hall–Kier alpha value is -1.17. The van der Waals surface area contributed by atoms with Crippen LogP contribution in [0.15, 0.2) is 30.3 Å². The Morgan fingerprint density at radius 3 is 2.68 bits per heavy atom. The smallest absolute Gasteiger partial charge is 0.169 e. The molecule has 1 aromatic rings. The molecule has 0 aromatic heterocycles. The molecule has 1 saturated heterocycles. The summed E-state index contributed by atoms with van der Waals surface area (Å²) in [5.41, 5.74) is 1.42. The van der Waals surface area contributed by atoms with Gasteiger partial charge in [-0.3, -0.25) is 0 Å². The Bertz CT molecular complexity index is 433. The highest BCUT2D eigenvalue weighted by atomic mass is 32.1. The molecule has 0 saturated carbocycles. The Morgan fingerprint density at radius 1 is 1.27 bits per heavy atom. The molecule has 122 valence electrons. The van der Waals surface area contributed by atoms with Crippen LogP contribution in [0.2, 0.25) is 0 Å². The number of ether oxygens (including phenoxy) is 1. The second-order valence-corrected chi connectivity index (χ2v) is 6.07. The predicted octanol–water partition coefficient (Wildman–Crippen LogP) is 0.688. The average molecular weight is 322 g/mol. The van der Waals surface area contributed by atoms with Crippen LogP contribution in [0, 0.1) is 0 Å². The fraction of sp³-hybridized carbons (Fsp3) is 0.588. The van der Waals surface area contributed by atoms with Crippen LogP contribution in [-0.2, 0) is 11.3 Å². The van der Waals surface area contributed by atoms with Gasteiger partial charge in [0.05, 0.1) is 26.2 Å². The van der Waals surface area contributed by atoms with Crippen LogP contribution in [-0.4, -0.2) is 55.9 Å². The van der Waals surface area contributed by atoms with E-state index in [4.69, 9.17) is 17.0 Å².